The number of methoxy groups -OCH3 is 1. The summed E-state index contributed by atoms with van der Waals surface area (Å²) in [7, 11) is 1.58. The van der Waals surface area contributed by atoms with Crippen molar-refractivity contribution < 1.29 is 19.0 Å². The van der Waals surface area contributed by atoms with Gasteiger partial charge in [-0.2, -0.15) is 0 Å². The molecule has 0 radical (unpaired) electrons. The third-order valence-corrected chi connectivity index (χ3v) is 4.87. The van der Waals surface area contributed by atoms with Crippen molar-refractivity contribution in [1.29, 1.82) is 0 Å². The fourth-order valence-electron chi connectivity index (χ4n) is 3.28. The summed E-state index contributed by atoms with van der Waals surface area (Å²) in [4.78, 5) is 14.7. The van der Waals surface area contributed by atoms with Crippen molar-refractivity contribution >= 4 is 5.91 Å². The molecule has 150 valence electrons. The van der Waals surface area contributed by atoms with Gasteiger partial charge in [-0.15, -0.1) is 0 Å². The van der Waals surface area contributed by atoms with Gasteiger partial charge in [0, 0.05) is 19.6 Å². The average molecular weight is 384 g/mol. The summed E-state index contributed by atoms with van der Waals surface area (Å²) in [5.41, 5.74) is 2.41. The number of carbonyl (C=O) groups excluding carboxylic acids is 1. The maximum absolute atomic E-state index is 12.4. The van der Waals surface area contributed by atoms with E-state index in [9.17, 15) is 4.79 Å². The molecule has 1 unspecified atom stereocenters. The van der Waals surface area contributed by atoms with E-state index in [4.69, 9.17) is 14.2 Å². The zero-order valence-corrected chi connectivity index (χ0v) is 16.5. The van der Waals surface area contributed by atoms with E-state index in [1.165, 1.54) is 11.1 Å². The molecule has 0 bridgehead atoms. The van der Waals surface area contributed by atoms with E-state index in [0.717, 1.165) is 13.1 Å². The molecule has 2 aromatic carbocycles. The van der Waals surface area contributed by atoms with Crippen molar-refractivity contribution in [1.82, 2.24) is 10.2 Å². The smallest absolute Gasteiger partial charge is 0.258 e. The molecule has 1 heterocycles. The van der Waals surface area contributed by atoms with Crippen LogP contribution in [0.5, 0.6) is 11.5 Å². The Morgan fingerprint density at radius 2 is 1.79 bits per heavy atom. The van der Waals surface area contributed by atoms with Crippen LogP contribution in [-0.4, -0.2) is 57.4 Å². The van der Waals surface area contributed by atoms with E-state index in [2.05, 4.69) is 41.4 Å². The first-order chi connectivity index (χ1) is 13.7. The highest BCUT2D eigenvalue weighted by molar-refractivity contribution is 5.77. The SMILES string of the molecule is COc1ccccc1OCC(=O)NCC(c1ccc(C)cc1)N1CCOCC1. The molecule has 6 nitrogen and oxygen atoms in total. The molecule has 3 rings (SSSR count). The second kappa shape index (κ2) is 10.1. The number of hydrogen-bond acceptors (Lipinski definition) is 5. The number of para-hydroxylation sites is 2. The van der Waals surface area contributed by atoms with Gasteiger partial charge in [0.2, 0.25) is 0 Å². The van der Waals surface area contributed by atoms with Gasteiger partial charge in [-0.05, 0) is 24.6 Å². The summed E-state index contributed by atoms with van der Waals surface area (Å²) in [6, 6.07) is 15.9. The van der Waals surface area contributed by atoms with E-state index in [0.29, 0.717) is 31.3 Å². The number of morpholine rings is 1. The first-order valence-electron chi connectivity index (χ1n) is 9.58. The van der Waals surface area contributed by atoms with Gasteiger partial charge >= 0.3 is 0 Å². The maximum atomic E-state index is 12.4. The van der Waals surface area contributed by atoms with Crippen molar-refractivity contribution in [3.05, 3.63) is 59.7 Å². The molecule has 1 atom stereocenters. The molecule has 0 saturated carbocycles. The van der Waals surface area contributed by atoms with Crippen molar-refractivity contribution in [2.24, 2.45) is 0 Å². The van der Waals surface area contributed by atoms with Gasteiger partial charge in [0.1, 0.15) is 0 Å². The standard InChI is InChI=1S/C22H28N2O4/c1-17-7-9-18(10-8-17)19(24-11-13-27-14-12-24)15-23-22(25)16-28-21-6-4-3-5-20(21)26-2/h3-10,19H,11-16H2,1-2H3,(H,23,25). The van der Waals surface area contributed by atoms with Crippen LogP contribution in [-0.2, 0) is 9.53 Å². The summed E-state index contributed by atoms with van der Waals surface area (Å²) in [5.74, 6) is 1.01. The molecule has 1 aliphatic rings. The minimum atomic E-state index is -0.156. The van der Waals surface area contributed by atoms with Crippen LogP contribution in [0.1, 0.15) is 17.2 Å². The molecule has 1 saturated heterocycles. The third-order valence-electron chi connectivity index (χ3n) is 4.87. The third kappa shape index (κ3) is 5.47. The normalized spacial score (nSPS) is 15.6. The Morgan fingerprint density at radius 3 is 2.46 bits per heavy atom. The fourth-order valence-corrected chi connectivity index (χ4v) is 3.28. The number of ether oxygens (including phenoxy) is 3. The summed E-state index contributed by atoms with van der Waals surface area (Å²) >= 11 is 0. The van der Waals surface area contributed by atoms with Crippen LogP contribution >= 0.6 is 0 Å². The molecule has 1 fully saturated rings. The molecule has 1 amide bonds. The minimum Gasteiger partial charge on any atom is -0.493 e. The predicted molar refractivity (Wildman–Crippen MR) is 108 cm³/mol. The van der Waals surface area contributed by atoms with Crippen molar-refractivity contribution in [2.45, 2.75) is 13.0 Å². The van der Waals surface area contributed by atoms with Crippen molar-refractivity contribution in [3.8, 4) is 11.5 Å². The highest BCUT2D eigenvalue weighted by atomic mass is 16.5. The molecule has 0 spiro atoms. The van der Waals surface area contributed by atoms with Crippen LogP contribution in [0.2, 0.25) is 0 Å². The Kier molecular flexibility index (Phi) is 7.28. The van der Waals surface area contributed by atoms with E-state index in [-0.39, 0.29) is 18.6 Å². The Morgan fingerprint density at radius 1 is 1.11 bits per heavy atom. The summed E-state index contributed by atoms with van der Waals surface area (Å²) < 4.78 is 16.3. The number of aryl methyl sites for hydroxylation is 1. The first kappa shape index (κ1) is 20.2. The highest BCUT2D eigenvalue weighted by Gasteiger charge is 2.23. The largest absolute Gasteiger partial charge is 0.493 e. The lowest BCUT2D eigenvalue weighted by atomic mass is 10.0. The molecular formula is C22H28N2O4. The molecule has 0 aliphatic carbocycles. The van der Waals surface area contributed by atoms with Crippen LogP contribution in [0, 0.1) is 6.92 Å². The van der Waals surface area contributed by atoms with Gasteiger partial charge in [-0.25, -0.2) is 0 Å². The lowest BCUT2D eigenvalue weighted by Gasteiger charge is -2.35. The zero-order chi connectivity index (χ0) is 19.8. The Labute approximate surface area is 166 Å². The number of rotatable bonds is 8. The summed E-state index contributed by atoms with van der Waals surface area (Å²) in [6.07, 6.45) is 0. The van der Waals surface area contributed by atoms with E-state index >= 15 is 0 Å². The van der Waals surface area contributed by atoms with E-state index < -0.39 is 0 Å². The van der Waals surface area contributed by atoms with E-state index in [1.807, 2.05) is 12.1 Å². The monoisotopic (exact) mass is 384 g/mol. The number of nitrogens with zero attached hydrogens (tertiary/aromatic N) is 1. The second-order valence-electron chi connectivity index (χ2n) is 6.82. The maximum Gasteiger partial charge on any atom is 0.258 e. The molecule has 1 N–H and O–H groups in total. The van der Waals surface area contributed by atoms with Gasteiger partial charge in [-0.3, -0.25) is 9.69 Å². The molecule has 2 aromatic rings. The molecular weight excluding hydrogens is 356 g/mol. The van der Waals surface area contributed by atoms with Crippen LogP contribution < -0.4 is 14.8 Å². The van der Waals surface area contributed by atoms with Crippen molar-refractivity contribution in [2.75, 3.05) is 46.6 Å². The quantitative estimate of drug-likeness (QED) is 0.758. The summed E-state index contributed by atoms with van der Waals surface area (Å²) in [5, 5.41) is 3.01. The predicted octanol–water partition coefficient (Wildman–Crippen LogP) is 2.57. The number of nitrogens with one attached hydrogen (secondary N) is 1. The lowest BCUT2D eigenvalue weighted by Crippen LogP contribution is -2.44. The number of hydrogen-bond donors (Lipinski definition) is 1. The van der Waals surface area contributed by atoms with Crippen molar-refractivity contribution in [3.63, 3.8) is 0 Å². The Hall–Kier alpha value is -2.57. The van der Waals surface area contributed by atoms with Crippen LogP contribution in [0.25, 0.3) is 0 Å². The fraction of sp³-hybridized carbons (Fsp3) is 0.409. The second-order valence-corrected chi connectivity index (χ2v) is 6.82. The Bertz CT molecular complexity index is 757. The lowest BCUT2D eigenvalue weighted by molar-refractivity contribution is -0.123. The van der Waals surface area contributed by atoms with Gasteiger partial charge in [0.05, 0.1) is 26.4 Å². The van der Waals surface area contributed by atoms with E-state index in [1.54, 1.807) is 19.2 Å². The molecule has 28 heavy (non-hydrogen) atoms. The molecule has 1 aliphatic heterocycles. The topological polar surface area (TPSA) is 60.0 Å². The number of amides is 1. The van der Waals surface area contributed by atoms with Gasteiger partial charge in [0.25, 0.3) is 5.91 Å². The minimum absolute atomic E-state index is 0.0515. The number of benzene rings is 2. The average Bonchev–Trinajstić information content (AvgIpc) is 2.74. The van der Waals surface area contributed by atoms with Crippen LogP contribution in [0.4, 0.5) is 0 Å². The Balaban J connectivity index is 1.59. The summed E-state index contributed by atoms with van der Waals surface area (Å²) in [6.45, 7) is 5.68. The molecule has 0 aromatic heterocycles. The van der Waals surface area contributed by atoms with Gasteiger partial charge in [0.15, 0.2) is 18.1 Å². The van der Waals surface area contributed by atoms with Gasteiger partial charge < -0.3 is 19.5 Å². The molecule has 6 heteroatoms. The van der Waals surface area contributed by atoms with Gasteiger partial charge in [-0.1, -0.05) is 42.0 Å². The first-order valence-corrected chi connectivity index (χ1v) is 9.58. The zero-order valence-electron chi connectivity index (χ0n) is 16.5. The number of carbonyl (C=O) groups is 1. The van der Waals surface area contributed by atoms with Crippen LogP contribution in [0.15, 0.2) is 48.5 Å². The highest BCUT2D eigenvalue weighted by Crippen LogP contribution is 2.25. The van der Waals surface area contributed by atoms with Crippen LogP contribution in [0.3, 0.4) is 0 Å².